The molecule has 3 aromatic rings. The van der Waals surface area contributed by atoms with E-state index >= 15 is 0 Å². The second-order valence-electron chi connectivity index (χ2n) is 8.18. The van der Waals surface area contributed by atoms with Crippen molar-refractivity contribution in [2.45, 2.75) is 11.4 Å². The van der Waals surface area contributed by atoms with Crippen molar-refractivity contribution in [3.05, 3.63) is 88.9 Å². The fourth-order valence-electron chi connectivity index (χ4n) is 3.91. The quantitative estimate of drug-likeness (QED) is 0.517. The average molecular weight is 499 g/mol. The molecule has 0 unspecified atom stereocenters. The summed E-state index contributed by atoms with van der Waals surface area (Å²) < 4.78 is 28.4. The number of anilines is 2. The Hall–Kier alpha value is -3.07. The molecule has 34 heavy (non-hydrogen) atoms. The van der Waals surface area contributed by atoms with Gasteiger partial charge >= 0.3 is 0 Å². The molecule has 178 valence electrons. The van der Waals surface area contributed by atoms with Gasteiger partial charge in [-0.3, -0.25) is 9.52 Å². The third-order valence-corrected chi connectivity index (χ3v) is 7.32. The second-order valence-corrected chi connectivity index (χ2v) is 10.3. The number of sulfonamides is 1. The first-order chi connectivity index (χ1) is 16.3. The highest BCUT2D eigenvalue weighted by Gasteiger charge is 2.23. The fourth-order valence-corrected chi connectivity index (χ4v) is 5.09. The first-order valence-electron chi connectivity index (χ1n) is 11.0. The van der Waals surface area contributed by atoms with Gasteiger partial charge in [-0.2, -0.15) is 0 Å². The zero-order chi connectivity index (χ0) is 24.1. The van der Waals surface area contributed by atoms with E-state index in [4.69, 9.17) is 11.6 Å². The molecule has 2 N–H and O–H groups in total. The number of hydrogen-bond donors (Lipinski definition) is 2. The van der Waals surface area contributed by atoms with Crippen molar-refractivity contribution < 1.29 is 13.2 Å². The summed E-state index contributed by atoms with van der Waals surface area (Å²) in [4.78, 5) is 17.4. The van der Waals surface area contributed by atoms with Crippen LogP contribution in [0.1, 0.15) is 15.9 Å². The normalized spacial score (nSPS) is 14.0. The van der Waals surface area contributed by atoms with Gasteiger partial charge < -0.3 is 15.1 Å². The van der Waals surface area contributed by atoms with Crippen LogP contribution in [0, 0.1) is 0 Å². The van der Waals surface area contributed by atoms with Crippen LogP contribution in [0.4, 0.5) is 11.4 Å². The lowest BCUT2D eigenvalue weighted by Gasteiger charge is -2.32. The van der Waals surface area contributed by atoms with E-state index in [1.807, 2.05) is 36.4 Å². The number of hydrogen-bond acceptors (Lipinski definition) is 5. The molecule has 1 aliphatic heterocycles. The lowest BCUT2D eigenvalue weighted by atomic mass is 10.1. The number of piperazine rings is 1. The molecule has 1 saturated heterocycles. The molecule has 0 aliphatic carbocycles. The Morgan fingerprint density at radius 1 is 1.03 bits per heavy atom. The summed E-state index contributed by atoms with van der Waals surface area (Å²) in [6, 6.07) is 20.8. The Morgan fingerprint density at radius 3 is 2.38 bits per heavy atom. The monoisotopic (exact) mass is 498 g/mol. The first-order valence-corrected chi connectivity index (χ1v) is 12.9. The Kier molecular flexibility index (Phi) is 7.41. The van der Waals surface area contributed by atoms with Gasteiger partial charge in [0, 0.05) is 56.2 Å². The lowest BCUT2D eigenvalue weighted by molar-refractivity contribution is 0.0785. The minimum atomic E-state index is -3.84. The fraction of sp³-hybridized carbons (Fsp3) is 0.240. The largest absolute Gasteiger partial charge is 0.368 e. The maximum Gasteiger partial charge on any atom is 0.261 e. The van der Waals surface area contributed by atoms with E-state index in [1.165, 1.54) is 24.3 Å². The predicted molar refractivity (Wildman–Crippen MR) is 136 cm³/mol. The Labute approximate surface area is 205 Å². The third-order valence-electron chi connectivity index (χ3n) is 5.67. The highest BCUT2D eigenvalue weighted by atomic mass is 35.5. The maximum atomic E-state index is 13.5. The summed E-state index contributed by atoms with van der Waals surface area (Å²) in [7, 11) is -2.08. The number of carbonyl (C=O) groups is 1. The van der Waals surface area contributed by atoms with Gasteiger partial charge in [0.2, 0.25) is 0 Å². The SMILES string of the molecule is CN(Cc1ccccc1)C(=O)c1cc(NS(=O)(=O)c2ccc(Cl)cc2)ccc1N1CCNCC1. The third kappa shape index (κ3) is 5.70. The minimum absolute atomic E-state index is 0.0946. The van der Waals surface area contributed by atoms with Crippen molar-refractivity contribution in [1.82, 2.24) is 10.2 Å². The highest BCUT2D eigenvalue weighted by molar-refractivity contribution is 7.92. The zero-order valence-electron chi connectivity index (χ0n) is 18.9. The van der Waals surface area contributed by atoms with Crippen molar-refractivity contribution in [1.29, 1.82) is 0 Å². The number of rotatable bonds is 7. The van der Waals surface area contributed by atoms with Crippen molar-refractivity contribution in [2.24, 2.45) is 0 Å². The van der Waals surface area contributed by atoms with E-state index in [-0.39, 0.29) is 10.8 Å². The van der Waals surface area contributed by atoms with E-state index in [0.717, 1.165) is 37.4 Å². The van der Waals surface area contributed by atoms with E-state index in [1.54, 1.807) is 24.1 Å². The Balaban J connectivity index is 1.65. The molecule has 0 aromatic heterocycles. The van der Waals surface area contributed by atoms with Gasteiger partial charge in [-0.1, -0.05) is 41.9 Å². The molecule has 7 nitrogen and oxygen atoms in total. The molecule has 9 heteroatoms. The van der Waals surface area contributed by atoms with Crippen molar-refractivity contribution in [3.63, 3.8) is 0 Å². The molecular weight excluding hydrogens is 472 g/mol. The van der Waals surface area contributed by atoms with E-state index in [9.17, 15) is 13.2 Å². The minimum Gasteiger partial charge on any atom is -0.368 e. The molecule has 0 saturated carbocycles. The number of nitrogens with one attached hydrogen (secondary N) is 2. The maximum absolute atomic E-state index is 13.5. The van der Waals surface area contributed by atoms with Gasteiger partial charge in [0.25, 0.3) is 15.9 Å². The molecule has 0 atom stereocenters. The summed E-state index contributed by atoms with van der Waals surface area (Å²) >= 11 is 5.89. The van der Waals surface area contributed by atoms with Gasteiger partial charge in [0.15, 0.2) is 0 Å². The molecule has 0 spiro atoms. The van der Waals surface area contributed by atoms with Gasteiger partial charge in [-0.25, -0.2) is 8.42 Å². The summed E-state index contributed by atoms with van der Waals surface area (Å²) in [6.45, 7) is 3.61. The van der Waals surface area contributed by atoms with E-state index < -0.39 is 10.0 Å². The van der Waals surface area contributed by atoms with Crippen LogP contribution in [0.25, 0.3) is 0 Å². The molecule has 0 bridgehead atoms. The van der Waals surface area contributed by atoms with Crippen LogP contribution in [0.2, 0.25) is 5.02 Å². The number of nitrogens with zero attached hydrogens (tertiary/aromatic N) is 2. The van der Waals surface area contributed by atoms with E-state index in [2.05, 4.69) is 14.9 Å². The number of benzene rings is 3. The molecule has 1 fully saturated rings. The smallest absolute Gasteiger partial charge is 0.261 e. The Bertz CT molecular complexity index is 1240. The summed E-state index contributed by atoms with van der Waals surface area (Å²) in [5.41, 5.74) is 2.59. The van der Waals surface area contributed by atoms with E-state index in [0.29, 0.717) is 22.8 Å². The molecule has 1 aliphatic rings. The van der Waals surface area contributed by atoms with Crippen molar-refractivity contribution in [3.8, 4) is 0 Å². The predicted octanol–water partition coefficient (Wildman–Crippen LogP) is 3.82. The van der Waals surface area contributed by atoms with Gasteiger partial charge in [-0.15, -0.1) is 0 Å². The van der Waals surface area contributed by atoms with Gasteiger partial charge in [0.1, 0.15) is 0 Å². The second kappa shape index (κ2) is 10.5. The van der Waals surface area contributed by atoms with Gasteiger partial charge in [-0.05, 0) is 48.0 Å². The van der Waals surface area contributed by atoms with Crippen LogP contribution >= 0.6 is 11.6 Å². The lowest BCUT2D eigenvalue weighted by Crippen LogP contribution is -2.44. The van der Waals surface area contributed by atoms with Crippen LogP contribution in [0.5, 0.6) is 0 Å². The summed E-state index contributed by atoms with van der Waals surface area (Å²) in [5, 5.41) is 3.77. The molecule has 1 amide bonds. The molecular formula is C25H27ClN4O3S. The Morgan fingerprint density at radius 2 is 1.71 bits per heavy atom. The van der Waals surface area contributed by atoms with Crippen molar-refractivity contribution in [2.75, 3.05) is 42.8 Å². The van der Waals surface area contributed by atoms with Crippen LogP contribution in [0.15, 0.2) is 77.7 Å². The topological polar surface area (TPSA) is 81.8 Å². The first kappa shape index (κ1) is 24.1. The highest BCUT2D eigenvalue weighted by Crippen LogP contribution is 2.28. The summed E-state index contributed by atoms with van der Waals surface area (Å²) in [6.07, 6.45) is 0. The molecule has 4 rings (SSSR count). The summed E-state index contributed by atoms with van der Waals surface area (Å²) in [5.74, 6) is -0.176. The number of amides is 1. The number of carbonyl (C=O) groups excluding carboxylic acids is 1. The molecule has 1 heterocycles. The van der Waals surface area contributed by atoms with Gasteiger partial charge in [0.05, 0.1) is 10.5 Å². The molecule has 0 radical (unpaired) electrons. The van der Waals surface area contributed by atoms with Crippen LogP contribution < -0.4 is 14.9 Å². The standard InChI is InChI=1S/C25H27ClN4O3S/c1-29(18-19-5-3-2-4-6-19)25(31)23-17-21(9-12-24(23)30-15-13-27-14-16-30)28-34(32,33)22-10-7-20(26)8-11-22/h2-12,17,27-28H,13-16,18H2,1H3. The number of halogens is 1. The molecule has 3 aromatic carbocycles. The zero-order valence-corrected chi connectivity index (χ0v) is 20.4. The van der Waals surface area contributed by atoms with Crippen LogP contribution in [-0.2, 0) is 16.6 Å². The van der Waals surface area contributed by atoms with Crippen LogP contribution in [-0.4, -0.2) is 52.5 Å². The average Bonchev–Trinajstić information content (AvgIpc) is 2.84. The van der Waals surface area contributed by atoms with Crippen molar-refractivity contribution >= 4 is 38.9 Å². The van der Waals surface area contributed by atoms with Crippen LogP contribution in [0.3, 0.4) is 0 Å².